The van der Waals surface area contributed by atoms with Crippen LogP contribution in [0.4, 0.5) is 51.2 Å². The van der Waals surface area contributed by atoms with Gasteiger partial charge < -0.3 is 14.7 Å². The van der Waals surface area contributed by atoms with Crippen LogP contribution in [-0.2, 0) is 0 Å². The standard InChI is InChI=1S/C48H30BN3/c1-4-19-34(20-5-1)50-40-28-31-16-11-14-26-38(31)47-43(40)49-44-41(29-32-17-10-13-25-37(32)46(44)50)51(35-21-6-2-7-22-35)48-39-27-15-12-18-33(39)30-42(45(48)49)52(47)36-23-8-3-9-24-36/h1-30H. The lowest BCUT2D eigenvalue weighted by Crippen LogP contribution is -2.65. The van der Waals surface area contributed by atoms with E-state index in [9.17, 15) is 0 Å². The summed E-state index contributed by atoms with van der Waals surface area (Å²) in [4.78, 5) is 7.69. The molecule has 12 rings (SSSR count). The molecule has 0 bridgehead atoms. The number of nitrogens with zero attached hydrogens (tertiary/aromatic N) is 3. The summed E-state index contributed by atoms with van der Waals surface area (Å²) in [5, 5.41) is 7.47. The van der Waals surface area contributed by atoms with Gasteiger partial charge >= 0.3 is 0 Å². The van der Waals surface area contributed by atoms with Crippen molar-refractivity contribution in [2.24, 2.45) is 0 Å². The molecule has 0 aromatic heterocycles. The SMILES string of the molecule is c1ccc(N2c3cc4ccccc4c4c3B3c5c(cc6ccccc6c52)N(c2ccccc2)c2c3c(cc3ccccc23)N4c2ccccc2)cc1. The molecule has 0 spiro atoms. The van der Waals surface area contributed by atoms with Gasteiger partial charge in [-0.2, -0.15) is 0 Å². The van der Waals surface area contributed by atoms with E-state index in [1.54, 1.807) is 0 Å². The van der Waals surface area contributed by atoms with Crippen molar-refractivity contribution in [3.05, 3.63) is 182 Å². The number of hydrogen-bond acceptors (Lipinski definition) is 3. The van der Waals surface area contributed by atoms with Crippen LogP contribution >= 0.6 is 0 Å². The summed E-state index contributed by atoms with van der Waals surface area (Å²) in [6.45, 7) is 0.0127. The maximum atomic E-state index is 2.56. The lowest BCUT2D eigenvalue weighted by atomic mass is 9.31. The second-order valence-electron chi connectivity index (χ2n) is 14.1. The molecule has 0 aliphatic carbocycles. The van der Waals surface area contributed by atoms with Gasteiger partial charge in [-0.05, 0) is 87.1 Å². The average molecular weight is 660 g/mol. The molecule has 3 heterocycles. The fourth-order valence-corrected chi connectivity index (χ4v) is 9.45. The van der Waals surface area contributed by atoms with Gasteiger partial charge in [0.25, 0.3) is 6.71 Å². The molecule has 3 aliphatic heterocycles. The Morgan fingerprint density at radius 1 is 0.288 bits per heavy atom. The van der Waals surface area contributed by atoms with E-state index in [1.165, 1.54) is 82.8 Å². The van der Waals surface area contributed by atoms with Gasteiger partial charge in [-0.1, -0.05) is 127 Å². The minimum atomic E-state index is 0.0127. The van der Waals surface area contributed by atoms with E-state index in [0.29, 0.717) is 0 Å². The van der Waals surface area contributed by atoms with Gasteiger partial charge in [-0.3, -0.25) is 0 Å². The van der Waals surface area contributed by atoms with Crippen LogP contribution < -0.4 is 31.1 Å². The quantitative estimate of drug-likeness (QED) is 0.175. The first-order valence-corrected chi connectivity index (χ1v) is 18.1. The predicted molar refractivity (Wildman–Crippen MR) is 221 cm³/mol. The Morgan fingerprint density at radius 3 is 0.865 bits per heavy atom. The highest BCUT2D eigenvalue weighted by atomic mass is 15.2. The van der Waals surface area contributed by atoms with Crippen LogP contribution in [0.1, 0.15) is 0 Å². The Bertz CT molecular complexity index is 2600. The largest absolute Gasteiger partial charge is 0.311 e. The third-order valence-corrected chi connectivity index (χ3v) is 11.4. The van der Waals surface area contributed by atoms with Crippen LogP contribution in [0, 0.1) is 0 Å². The second kappa shape index (κ2) is 10.4. The fraction of sp³-hybridized carbons (Fsp3) is 0. The Kier molecular flexibility index (Phi) is 5.58. The van der Waals surface area contributed by atoms with Crippen molar-refractivity contribution in [2.75, 3.05) is 14.7 Å². The topological polar surface area (TPSA) is 9.72 Å². The summed E-state index contributed by atoms with van der Waals surface area (Å²) in [6.07, 6.45) is 0. The fourth-order valence-electron chi connectivity index (χ4n) is 9.45. The van der Waals surface area contributed by atoms with Gasteiger partial charge in [-0.25, -0.2) is 0 Å². The van der Waals surface area contributed by atoms with Crippen LogP contribution in [-0.4, -0.2) is 6.71 Å². The predicted octanol–water partition coefficient (Wildman–Crippen LogP) is 11.0. The molecule has 0 saturated heterocycles. The van der Waals surface area contributed by atoms with E-state index in [1.807, 2.05) is 0 Å². The first-order valence-electron chi connectivity index (χ1n) is 18.1. The van der Waals surface area contributed by atoms with Gasteiger partial charge in [0.2, 0.25) is 0 Å². The molecule has 0 radical (unpaired) electrons. The number of rotatable bonds is 3. The van der Waals surface area contributed by atoms with Gasteiger partial charge in [-0.15, -0.1) is 0 Å². The molecule has 52 heavy (non-hydrogen) atoms. The van der Waals surface area contributed by atoms with Crippen molar-refractivity contribution in [3.8, 4) is 0 Å². The normalized spacial score (nSPS) is 13.6. The molecular formula is C48H30BN3. The lowest BCUT2D eigenvalue weighted by Gasteiger charge is -2.50. The number of para-hydroxylation sites is 3. The maximum Gasteiger partial charge on any atom is 0.257 e. The molecule has 3 aliphatic rings. The van der Waals surface area contributed by atoms with Crippen LogP contribution in [0.15, 0.2) is 182 Å². The first-order chi connectivity index (χ1) is 25.8. The molecule has 0 unspecified atom stereocenters. The molecule has 0 fully saturated rings. The van der Waals surface area contributed by atoms with E-state index < -0.39 is 0 Å². The highest BCUT2D eigenvalue weighted by Gasteiger charge is 2.51. The van der Waals surface area contributed by atoms with Crippen molar-refractivity contribution >= 4 is 107 Å². The highest BCUT2D eigenvalue weighted by molar-refractivity contribution is 7.03. The van der Waals surface area contributed by atoms with Crippen molar-refractivity contribution in [2.45, 2.75) is 0 Å². The van der Waals surface area contributed by atoms with E-state index in [2.05, 4.69) is 197 Å². The molecule has 0 saturated carbocycles. The van der Waals surface area contributed by atoms with Gasteiger partial charge in [0.05, 0.1) is 17.1 Å². The van der Waals surface area contributed by atoms with Crippen molar-refractivity contribution in [3.63, 3.8) is 0 Å². The molecular weight excluding hydrogens is 629 g/mol. The Labute approximate surface area is 302 Å². The summed E-state index contributed by atoms with van der Waals surface area (Å²) in [5.74, 6) is 0. The lowest BCUT2D eigenvalue weighted by molar-refractivity contribution is 1.24. The minimum Gasteiger partial charge on any atom is -0.311 e. The smallest absolute Gasteiger partial charge is 0.257 e. The molecule has 0 atom stereocenters. The third kappa shape index (κ3) is 3.60. The average Bonchev–Trinajstić information content (AvgIpc) is 3.21. The van der Waals surface area contributed by atoms with Gasteiger partial charge in [0, 0.05) is 50.3 Å². The third-order valence-electron chi connectivity index (χ3n) is 11.4. The van der Waals surface area contributed by atoms with Gasteiger partial charge in [0.15, 0.2) is 0 Å². The van der Waals surface area contributed by atoms with E-state index in [4.69, 9.17) is 0 Å². The van der Waals surface area contributed by atoms with Gasteiger partial charge in [0.1, 0.15) is 0 Å². The van der Waals surface area contributed by atoms with Crippen LogP contribution in [0.5, 0.6) is 0 Å². The Balaban J connectivity index is 1.36. The summed E-state index contributed by atoms with van der Waals surface area (Å²) in [6, 6.07) is 67.1. The van der Waals surface area contributed by atoms with Crippen molar-refractivity contribution < 1.29 is 0 Å². The summed E-state index contributed by atoms with van der Waals surface area (Å²) in [7, 11) is 0. The van der Waals surface area contributed by atoms with E-state index in [-0.39, 0.29) is 6.71 Å². The summed E-state index contributed by atoms with van der Waals surface area (Å²) in [5.41, 5.74) is 15.0. The highest BCUT2D eigenvalue weighted by Crippen LogP contribution is 2.54. The molecule has 240 valence electrons. The Hall–Kier alpha value is -6.78. The zero-order chi connectivity index (χ0) is 33.9. The van der Waals surface area contributed by atoms with Crippen LogP contribution in [0.2, 0.25) is 0 Å². The molecule has 9 aromatic rings. The molecule has 0 amide bonds. The zero-order valence-electron chi connectivity index (χ0n) is 28.2. The molecule has 3 nitrogen and oxygen atoms in total. The zero-order valence-corrected chi connectivity index (χ0v) is 28.2. The van der Waals surface area contributed by atoms with Crippen molar-refractivity contribution in [1.82, 2.24) is 0 Å². The van der Waals surface area contributed by atoms with Crippen LogP contribution in [0.25, 0.3) is 32.3 Å². The molecule has 9 aromatic carbocycles. The van der Waals surface area contributed by atoms with Crippen molar-refractivity contribution in [1.29, 1.82) is 0 Å². The Morgan fingerprint density at radius 2 is 0.558 bits per heavy atom. The van der Waals surface area contributed by atoms with E-state index in [0.717, 1.165) is 17.1 Å². The maximum absolute atomic E-state index is 2.56. The number of hydrogen-bond donors (Lipinski definition) is 0. The summed E-state index contributed by atoms with van der Waals surface area (Å²) < 4.78 is 0. The number of fused-ring (bicyclic) bond motifs is 6. The monoisotopic (exact) mass is 659 g/mol. The van der Waals surface area contributed by atoms with Crippen LogP contribution in [0.3, 0.4) is 0 Å². The first kappa shape index (κ1) is 28.0. The molecule has 0 N–H and O–H groups in total. The molecule has 4 heteroatoms. The second-order valence-corrected chi connectivity index (χ2v) is 14.1. The summed E-state index contributed by atoms with van der Waals surface area (Å²) >= 11 is 0. The number of benzene rings is 9. The number of anilines is 9. The van der Waals surface area contributed by atoms with E-state index >= 15 is 0 Å². The minimum absolute atomic E-state index is 0.0127.